The Hall–Kier alpha value is -1.41. The van der Waals surface area contributed by atoms with Crippen LogP contribution in [0.15, 0.2) is 52.3 Å². The van der Waals surface area contributed by atoms with Gasteiger partial charge < -0.3 is 27.1 Å². The number of hydrogen-bond acceptors (Lipinski definition) is 4. The second-order valence-corrected chi connectivity index (χ2v) is 8.48. The number of para-hydroxylation sites is 1. The molecule has 0 N–H and O–H groups in total. The molecule has 2 heterocycles. The molecule has 0 bridgehead atoms. The van der Waals surface area contributed by atoms with Crippen molar-refractivity contribution in [2.45, 2.75) is 22.4 Å². The first kappa shape index (κ1) is 22.3. The Balaban J connectivity index is 0.00000240. The van der Waals surface area contributed by atoms with Crippen molar-refractivity contribution < 1.29 is 25.6 Å². The largest absolute Gasteiger partial charge is 1.00 e. The van der Waals surface area contributed by atoms with Crippen molar-refractivity contribution in [2.24, 2.45) is 0 Å². The summed E-state index contributed by atoms with van der Waals surface area (Å²) >= 11 is 1.54. The zero-order valence-corrected chi connectivity index (χ0v) is 17.8. The van der Waals surface area contributed by atoms with E-state index < -0.39 is 11.7 Å². The fourth-order valence-corrected chi connectivity index (χ4v) is 4.85. The summed E-state index contributed by atoms with van der Waals surface area (Å²) in [4.78, 5) is 8.80. The first-order valence-electron chi connectivity index (χ1n) is 9.58. The number of anilines is 2. The summed E-state index contributed by atoms with van der Waals surface area (Å²) in [5, 5.41) is 0. The maximum atomic E-state index is 13.3. The lowest BCUT2D eigenvalue weighted by atomic mass is 10.1. The summed E-state index contributed by atoms with van der Waals surface area (Å²) < 4.78 is 39.8. The first-order valence-corrected chi connectivity index (χ1v) is 10.4. The number of piperazine rings is 1. The van der Waals surface area contributed by atoms with Crippen LogP contribution in [-0.2, 0) is 6.18 Å². The number of fused-ring (bicyclic) bond motifs is 2. The fraction of sp³-hybridized carbons (Fsp3) is 0.429. The van der Waals surface area contributed by atoms with Gasteiger partial charge in [0, 0.05) is 42.5 Å². The van der Waals surface area contributed by atoms with Crippen molar-refractivity contribution in [3.63, 3.8) is 0 Å². The molecule has 2 aliphatic heterocycles. The van der Waals surface area contributed by atoms with E-state index in [4.69, 9.17) is 0 Å². The van der Waals surface area contributed by atoms with Gasteiger partial charge in [0.05, 0.1) is 16.9 Å². The highest BCUT2D eigenvalue weighted by Gasteiger charge is 2.33. The normalized spacial score (nSPS) is 17.4. The van der Waals surface area contributed by atoms with Crippen molar-refractivity contribution in [3.8, 4) is 0 Å². The van der Waals surface area contributed by atoms with E-state index in [1.807, 2.05) is 24.3 Å². The monoisotopic (exact) mass is 442 g/mol. The van der Waals surface area contributed by atoms with Crippen molar-refractivity contribution in [1.29, 1.82) is 0 Å². The molecule has 8 heteroatoms. The minimum Gasteiger partial charge on any atom is -1.00 e. The molecule has 158 valence electrons. The van der Waals surface area contributed by atoms with Gasteiger partial charge in [-0.05, 0) is 50.3 Å². The number of hydrogen-bond donors (Lipinski definition) is 0. The van der Waals surface area contributed by atoms with Gasteiger partial charge in [-0.15, -0.1) is 0 Å². The molecule has 0 radical (unpaired) electrons. The van der Waals surface area contributed by atoms with E-state index in [0.717, 1.165) is 54.6 Å². The molecule has 0 aliphatic carbocycles. The van der Waals surface area contributed by atoms with Crippen molar-refractivity contribution in [1.82, 2.24) is 9.80 Å². The van der Waals surface area contributed by atoms with Crippen LogP contribution in [0.2, 0.25) is 0 Å². The van der Waals surface area contributed by atoms with Crippen molar-refractivity contribution in [2.75, 3.05) is 51.2 Å². The van der Waals surface area contributed by atoms with E-state index in [1.165, 1.54) is 12.1 Å². The predicted octanol–water partition coefficient (Wildman–Crippen LogP) is 1.95. The summed E-state index contributed by atoms with van der Waals surface area (Å²) in [6, 6.07) is 12.0. The van der Waals surface area contributed by atoms with Gasteiger partial charge in [-0.2, -0.15) is 13.2 Å². The quantitative estimate of drug-likeness (QED) is 0.715. The van der Waals surface area contributed by atoms with Crippen molar-refractivity contribution in [3.05, 3.63) is 48.0 Å². The van der Waals surface area contributed by atoms with Crippen LogP contribution in [0.25, 0.3) is 0 Å². The van der Waals surface area contributed by atoms with Gasteiger partial charge in [-0.3, -0.25) is 0 Å². The van der Waals surface area contributed by atoms with Crippen LogP contribution in [0.4, 0.5) is 24.5 Å². The third-order valence-corrected chi connectivity index (χ3v) is 6.54. The van der Waals surface area contributed by atoms with Crippen LogP contribution in [0, 0.1) is 0 Å². The van der Waals surface area contributed by atoms with E-state index in [1.54, 1.807) is 17.8 Å². The Morgan fingerprint density at radius 1 is 0.897 bits per heavy atom. The molecule has 0 saturated carbocycles. The number of halogens is 4. The highest BCUT2D eigenvalue weighted by atomic mass is 35.5. The molecule has 1 fully saturated rings. The summed E-state index contributed by atoms with van der Waals surface area (Å²) in [6.07, 6.45) is -3.42. The summed E-state index contributed by atoms with van der Waals surface area (Å²) in [5.74, 6) is 0. The Labute approximate surface area is 180 Å². The molecule has 0 atom stereocenters. The fourth-order valence-electron chi connectivity index (χ4n) is 3.77. The lowest BCUT2D eigenvalue weighted by molar-refractivity contribution is -0.137. The van der Waals surface area contributed by atoms with Gasteiger partial charge in [-0.1, -0.05) is 23.9 Å². The molecule has 0 aromatic heterocycles. The van der Waals surface area contributed by atoms with Crippen LogP contribution in [0.1, 0.15) is 12.0 Å². The molecular formula is C21H24ClF3N3S-. The third kappa shape index (κ3) is 5.02. The molecule has 4 rings (SSSR count). The van der Waals surface area contributed by atoms with Gasteiger partial charge in [0.15, 0.2) is 0 Å². The van der Waals surface area contributed by atoms with Gasteiger partial charge in [0.2, 0.25) is 0 Å². The molecule has 1 saturated heterocycles. The van der Waals surface area contributed by atoms with E-state index >= 15 is 0 Å². The maximum Gasteiger partial charge on any atom is 0.416 e. The minimum atomic E-state index is -4.33. The summed E-state index contributed by atoms with van der Waals surface area (Å²) in [7, 11) is 2.13. The lowest BCUT2D eigenvalue weighted by Gasteiger charge is -2.35. The smallest absolute Gasteiger partial charge is 0.416 e. The van der Waals surface area contributed by atoms with Gasteiger partial charge in [-0.25, -0.2) is 0 Å². The van der Waals surface area contributed by atoms with E-state index in [0.29, 0.717) is 12.2 Å². The van der Waals surface area contributed by atoms with Crippen LogP contribution in [-0.4, -0.2) is 56.1 Å². The number of nitrogens with zero attached hydrogens (tertiary/aromatic N) is 3. The van der Waals surface area contributed by atoms with Gasteiger partial charge in [0.1, 0.15) is 0 Å². The van der Waals surface area contributed by atoms with E-state index in [2.05, 4.69) is 21.7 Å². The Morgan fingerprint density at radius 2 is 1.59 bits per heavy atom. The molecule has 0 amide bonds. The molecule has 0 spiro atoms. The Kier molecular flexibility index (Phi) is 7.04. The Bertz CT molecular complexity index is 838. The highest BCUT2D eigenvalue weighted by molar-refractivity contribution is 7.99. The average Bonchev–Trinajstić information content (AvgIpc) is 2.68. The molecular weight excluding hydrogens is 419 g/mol. The molecule has 2 aromatic rings. The van der Waals surface area contributed by atoms with Crippen LogP contribution >= 0.6 is 11.8 Å². The molecule has 2 aromatic carbocycles. The lowest BCUT2D eigenvalue weighted by Crippen LogP contribution is -3.00. The minimum absolute atomic E-state index is 0. The number of rotatable bonds is 4. The number of alkyl halides is 3. The SMILES string of the molecule is CN1CCN(CCCN2c3ccccc3Sc3ccc(C(F)(F)F)cc32)CC1.[Cl-]. The number of benzene rings is 2. The standard InChI is InChI=1S/C21H24F3N3S.ClH/c1-25-11-13-26(14-12-25)9-4-10-27-17-5-2-3-6-19(17)28-20-8-7-16(15-18(20)27)21(22,23)24;/h2-3,5-8,15H,4,9-14H2,1H3;1H/p-1. The van der Waals surface area contributed by atoms with Crippen molar-refractivity contribution >= 4 is 23.1 Å². The van der Waals surface area contributed by atoms with Crippen LogP contribution in [0.5, 0.6) is 0 Å². The highest BCUT2D eigenvalue weighted by Crippen LogP contribution is 2.49. The average molecular weight is 443 g/mol. The summed E-state index contributed by atoms with van der Waals surface area (Å²) in [5.41, 5.74) is 1.07. The maximum absolute atomic E-state index is 13.3. The van der Waals surface area contributed by atoms with E-state index in [-0.39, 0.29) is 12.4 Å². The van der Waals surface area contributed by atoms with Gasteiger partial charge >= 0.3 is 6.18 Å². The Morgan fingerprint density at radius 3 is 2.31 bits per heavy atom. The molecule has 3 nitrogen and oxygen atoms in total. The van der Waals surface area contributed by atoms with Gasteiger partial charge in [0.25, 0.3) is 0 Å². The molecule has 0 unspecified atom stereocenters. The second-order valence-electron chi connectivity index (χ2n) is 7.40. The predicted molar refractivity (Wildman–Crippen MR) is 108 cm³/mol. The summed E-state index contributed by atoms with van der Waals surface area (Å²) in [6.45, 7) is 5.92. The van der Waals surface area contributed by atoms with Crippen LogP contribution < -0.4 is 17.3 Å². The first-order chi connectivity index (χ1) is 13.4. The topological polar surface area (TPSA) is 9.72 Å². The number of likely N-dealkylation sites (N-methyl/N-ethyl adjacent to an activating group) is 1. The zero-order chi connectivity index (χ0) is 19.7. The third-order valence-electron chi connectivity index (χ3n) is 5.40. The van der Waals surface area contributed by atoms with Crippen LogP contribution in [0.3, 0.4) is 0 Å². The zero-order valence-electron chi connectivity index (χ0n) is 16.3. The molecule has 2 aliphatic rings. The van der Waals surface area contributed by atoms with E-state index in [9.17, 15) is 13.2 Å². The molecule has 29 heavy (non-hydrogen) atoms. The second kappa shape index (κ2) is 9.16.